The minimum absolute atomic E-state index is 0.563. The van der Waals surface area contributed by atoms with Gasteiger partial charge in [0.1, 0.15) is 0 Å². The fraction of sp³-hybridized carbons (Fsp3) is 0.615. The summed E-state index contributed by atoms with van der Waals surface area (Å²) < 4.78 is 0. The highest BCUT2D eigenvalue weighted by Gasteiger charge is 2.25. The number of aromatic nitrogens is 1. The Bertz CT molecular complexity index is 322. The molecule has 1 aliphatic rings. The standard InChI is InChI=1S/C13H20N2/c1-3-6-11-7-4-9-14-13(11)12-8-5-10-15(12)2/h4,7,9,12H,3,5-6,8,10H2,1-2H3. The molecule has 0 spiro atoms. The molecular formula is C13H20N2. The quantitative estimate of drug-likeness (QED) is 0.752. The van der Waals surface area contributed by atoms with E-state index in [1.165, 1.54) is 37.1 Å². The van der Waals surface area contributed by atoms with Crippen LogP contribution >= 0.6 is 0 Å². The molecule has 0 amide bonds. The first-order chi connectivity index (χ1) is 7.33. The minimum atomic E-state index is 0.563. The van der Waals surface area contributed by atoms with Crippen LogP contribution in [0.15, 0.2) is 18.3 Å². The molecular weight excluding hydrogens is 184 g/mol. The molecule has 1 fully saturated rings. The van der Waals surface area contributed by atoms with Crippen molar-refractivity contribution < 1.29 is 0 Å². The van der Waals surface area contributed by atoms with Gasteiger partial charge in [0.15, 0.2) is 0 Å². The Labute approximate surface area is 92.3 Å². The van der Waals surface area contributed by atoms with Crippen molar-refractivity contribution in [3.63, 3.8) is 0 Å². The third-order valence-electron chi connectivity index (χ3n) is 3.28. The van der Waals surface area contributed by atoms with E-state index < -0.39 is 0 Å². The van der Waals surface area contributed by atoms with Gasteiger partial charge in [-0.25, -0.2) is 0 Å². The fourth-order valence-electron chi connectivity index (χ4n) is 2.49. The first-order valence-electron chi connectivity index (χ1n) is 5.97. The maximum Gasteiger partial charge on any atom is 0.0607 e. The Hall–Kier alpha value is -0.890. The molecule has 0 saturated carbocycles. The van der Waals surface area contributed by atoms with Gasteiger partial charge in [0.05, 0.1) is 11.7 Å². The maximum atomic E-state index is 4.59. The zero-order chi connectivity index (χ0) is 10.7. The smallest absolute Gasteiger partial charge is 0.0607 e. The van der Waals surface area contributed by atoms with Gasteiger partial charge < -0.3 is 0 Å². The van der Waals surface area contributed by atoms with E-state index in [4.69, 9.17) is 0 Å². The van der Waals surface area contributed by atoms with E-state index in [0.29, 0.717) is 6.04 Å². The van der Waals surface area contributed by atoms with Crippen molar-refractivity contribution in [1.82, 2.24) is 9.88 Å². The van der Waals surface area contributed by atoms with E-state index in [9.17, 15) is 0 Å². The molecule has 2 rings (SSSR count). The zero-order valence-corrected chi connectivity index (χ0v) is 9.74. The summed E-state index contributed by atoms with van der Waals surface area (Å²) in [4.78, 5) is 7.02. The van der Waals surface area contributed by atoms with Crippen LogP contribution in [0, 0.1) is 0 Å². The summed E-state index contributed by atoms with van der Waals surface area (Å²) in [5.74, 6) is 0. The monoisotopic (exact) mass is 204 g/mol. The molecule has 1 aromatic rings. The van der Waals surface area contributed by atoms with Crippen LogP contribution in [-0.4, -0.2) is 23.5 Å². The van der Waals surface area contributed by atoms with Gasteiger partial charge in [-0.3, -0.25) is 9.88 Å². The van der Waals surface area contributed by atoms with Crippen LogP contribution in [0.25, 0.3) is 0 Å². The molecule has 1 aliphatic heterocycles. The van der Waals surface area contributed by atoms with Crippen molar-refractivity contribution in [2.75, 3.05) is 13.6 Å². The van der Waals surface area contributed by atoms with Gasteiger partial charge in [-0.2, -0.15) is 0 Å². The summed E-state index contributed by atoms with van der Waals surface area (Å²) in [6, 6.07) is 4.86. The molecule has 1 atom stereocenters. The Morgan fingerprint density at radius 2 is 2.40 bits per heavy atom. The summed E-state index contributed by atoms with van der Waals surface area (Å²) in [6.07, 6.45) is 6.87. The molecule has 15 heavy (non-hydrogen) atoms. The SMILES string of the molecule is CCCc1cccnc1C1CCCN1C. The van der Waals surface area contributed by atoms with Crippen molar-refractivity contribution >= 4 is 0 Å². The number of hydrogen-bond acceptors (Lipinski definition) is 2. The lowest BCUT2D eigenvalue weighted by atomic mass is 10.0. The average Bonchev–Trinajstić information content (AvgIpc) is 2.66. The van der Waals surface area contributed by atoms with Crippen molar-refractivity contribution in [3.8, 4) is 0 Å². The predicted molar refractivity (Wildman–Crippen MR) is 62.8 cm³/mol. The highest BCUT2D eigenvalue weighted by atomic mass is 15.2. The summed E-state index contributed by atoms with van der Waals surface area (Å²) in [6.45, 7) is 3.45. The fourth-order valence-corrected chi connectivity index (χ4v) is 2.49. The van der Waals surface area contributed by atoms with Crippen molar-refractivity contribution in [2.24, 2.45) is 0 Å². The van der Waals surface area contributed by atoms with Gasteiger partial charge in [-0.1, -0.05) is 19.4 Å². The summed E-state index contributed by atoms with van der Waals surface area (Å²) in [5.41, 5.74) is 2.76. The molecule has 0 bridgehead atoms. The number of likely N-dealkylation sites (tertiary alicyclic amines) is 1. The van der Waals surface area contributed by atoms with E-state index >= 15 is 0 Å². The lowest BCUT2D eigenvalue weighted by Gasteiger charge is -2.21. The Morgan fingerprint density at radius 1 is 1.53 bits per heavy atom. The molecule has 1 unspecified atom stereocenters. The average molecular weight is 204 g/mol. The van der Waals surface area contributed by atoms with Crippen LogP contribution in [0.4, 0.5) is 0 Å². The summed E-state index contributed by atoms with van der Waals surface area (Å²) in [7, 11) is 2.21. The first-order valence-corrected chi connectivity index (χ1v) is 5.97. The van der Waals surface area contributed by atoms with E-state index in [1.54, 1.807) is 0 Å². The van der Waals surface area contributed by atoms with Crippen LogP contribution in [0.1, 0.15) is 43.5 Å². The van der Waals surface area contributed by atoms with E-state index in [2.05, 4.69) is 36.0 Å². The van der Waals surface area contributed by atoms with Gasteiger partial charge in [0.25, 0.3) is 0 Å². The molecule has 0 aromatic carbocycles. The lowest BCUT2D eigenvalue weighted by Crippen LogP contribution is -2.19. The Kier molecular flexibility index (Phi) is 3.37. The van der Waals surface area contributed by atoms with E-state index in [0.717, 1.165) is 6.42 Å². The molecule has 2 heterocycles. The Morgan fingerprint density at radius 3 is 3.07 bits per heavy atom. The van der Waals surface area contributed by atoms with Gasteiger partial charge in [0.2, 0.25) is 0 Å². The molecule has 1 aromatic heterocycles. The summed E-state index contributed by atoms with van der Waals surface area (Å²) in [5, 5.41) is 0. The van der Waals surface area contributed by atoms with Crippen molar-refractivity contribution in [3.05, 3.63) is 29.6 Å². The largest absolute Gasteiger partial charge is 0.298 e. The summed E-state index contributed by atoms with van der Waals surface area (Å²) >= 11 is 0. The van der Waals surface area contributed by atoms with E-state index in [1.807, 2.05) is 6.20 Å². The van der Waals surface area contributed by atoms with Crippen LogP contribution in [0.2, 0.25) is 0 Å². The Balaban J connectivity index is 2.25. The third kappa shape index (κ3) is 2.20. The minimum Gasteiger partial charge on any atom is -0.298 e. The highest BCUT2D eigenvalue weighted by Crippen LogP contribution is 2.31. The lowest BCUT2D eigenvalue weighted by molar-refractivity contribution is 0.310. The number of hydrogen-bond donors (Lipinski definition) is 0. The topological polar surface area (TPSA) is 16.1 Å². The number of pyridine rings is 1. The third-order valence-corrected chi connectivity index (χ3v) is 3.28. The van der Waals surface area contributed by atoms with Gasteiger partial charge in [-0.05, 0) is 44.5 Å². The second kappa shape index (κ2) is 4.75. The molecule has 2 heteroatoms. The first kappa shape index (κ1) is 10.6. The van der Waals surface area contributed by atoms with Gasteiger partial charge in [0, 0.05) is 6.20 Å². The normalized spacial score (nSPS) is 22.1. The van der Waals surface area contributed by atoms with Crippen LogP contribution in [-0.2, 0) is 6.42 Å². The molecule has 1 saturated heterocycles. The zero-order valence-electron chi connectivity index (χ0n) is 9.74. The molecule has 0 aliphatic carbocycles. The van der Waals surface area contributed by atoms with Crippen LogP contribution in [0.5, 0.6) is 0 Å². The predicted octanol–water partition coefficient (Wildman–Crippen LogP) is 2.80. The van der Waals surface area contributed by atoms with E-state index in [-0.39, 0.29) is 0 Å². The second-order valence-corrected chi connectivity index (χ2v) is 4.44. The molecule has 0 radical (unpaired) electrons. The van der Waals surface area contributed by atoms with Crippen molar-refractivity contribution in [1.29, 1.82) is 0 Å². The van der Waals surface area contributed by atoms with Crippen molar-refractivity contribution in [2.45, 2.75) is 38.6 Å². The molecule has 82 valence electrons. The molecule has 0 N–H and O–H groups in total. The second-order valence-electron chi connectivity index (χ2n) is 4.44. The maximum absolute atomic E-state index is 4.59. The number of nitrogens with zero attached hydrogens (tertiary/aromatic N) is 2. The van der Waals surface area contributed by atoms with Crippen LogP contribution in [0.3, 0.4) is 0 Å². The number of aryl methyl sites for hydroxylation is 1. The van der Waals surface area contributed by atoms with Gasteiger partial charge in [-0.15, -0.1) is 0 Å². The highest BCUT2D eigenvalue weighted by molar-refractivity contribution is 5.23. The van der Waals surface area contributed by atoms with Crippen LogP contribution < -0.4 is 0 Å². The number of rotatable bonds is 3. The molecule has 2 nitrogen and oxygen atoms in total. The van der Waals surface area contributed by atoms with Gasteiger partial charge >= 0.3 is 0 Å².